The number of alkyl halides is 3. The Hall–Kier alpha value is -1.12. The van der Waals surface area contributed by atoms with E-state index in [1.165, 1.54) is 0 Å². The van der Waals surface area contributed by atoms with Crippen molar-refractivity contribution in [3.63, 3.8) is 0 Å². The summed E-state index contributed by atoms with van der Waals surface area (Å²) in [5.41, 5.74) is 0.958. The van der Waals surface area contributed by atoms with Gasteiger partial charge in [0.15, 0.2) is 5.79 Å². The standard InChI is InChI=1S/C13H20F3NO4/c1-12(2)20-8-10(9-21-12)4-7-19-6-3-5-17-11(18)13(14,15)16/h4H,3,5-9H2,1-2H3,(H,17,18). The first-order chi connectivity index (χ1) is 9.71. The zero-order chi connectivity index (χ0) is 15.9. The van der Waals surface area contributed by atoms with Crippen LogP contribution >= 0.6 is 0 Å². The van der Waals surface area contributed by atoms with Crippen molar-refractivity contribution in [1.29, 1.82) is 0 Å². The maximum Gasteiger partial charge on any atom is 0.471 e. The highest BCUT2D eigenvalue weighted by molar-refractivity contribution is 5.81. The molecular formula is C13H20F3NO4. The SMILES string of the molecule is CC1(C)OCC(=CCOCCCNC(=O)C(F)(F)F)CO1. The molecule has 1 aliphatic heterocycles. The van der Waals surface area contributed by atoms with E-state index in [2.05, 4.69) is 0 Å². The molecule has 1 saturated heterocycles. The molecule has 1 fully saturated rings. The minimum Gasteiger partial charge on any atom is -0.377 e. The van der Waals surface area contributed by atoms with E-state index in [4.69, 9.17) is 14.2 Å². The Balaban J connectivity index is 2.04. The van der Waals surface area contributed by atoms with Crippen LogP contribution in [0.15, 0.2) is 11.6 Å². The van der Waals surface area contributed by atoms with Gasteiger partial charge in [-0.3, -0.25) is 4.79 Å². The van der Waals surface area contributed by atoms with Crippen molar-refractivity contribution in [3.8, 4) is 0 Å². The van der Waals surface area contributed by atoms with Crippen LogP contribution in [-0.2, 0) is 19.0 Å². The van der Waals surface area contributed by atoms with Crippen molar-refractivity contribution in [2.45, 2.75) is 32.2 Å². The lowest BCUT2D eigenvalue weighted by molar-refractivity contribution is -0.225. The van der Waals surface area contributed by atoms with E-state index in [-0.39, 0.29) is 13.2 Å². The predicted molar refractivity (Wildman–Crippen MR) is 68.6 cm³/mol. The highest BCUT2D eigenvalue weighted by atomic mass is 19.4. The number of hydrogen-bond acceptors (Lipinski definition) is 4. The second-order valence-corrected chi connectivity index (χ2v) is 5.02. The number of carbonyl (C=O) groups excluding carboxylic acids is 1. The van der Waals surface area contributed by atoms with Gasteiger partial charge in [-0.1, -0.05) is 6.08 Å². The number of ether oxygens (including phenoxy) is 3. The van der Waals surface area contributed by atoms with Gasteiger partial charge in [0, 0.05) is 13.2 Å². The van der Waals surface area contributed by atoms with E-state index in [1.54, 1.807) is 5.32 Å². The summed E-state index contributed by atoms with van der Waals surface area (Å²) in [5, 5.41) is 1.77. The van der Waals surface area contributed by atoms with Crippen molar-refractivity contribution in [1.82, 2.24) is 5.32 Å². The maximum absolute atomic E-state index is 11.9. The van der Waals surface area contributed by atoms with E-state index >= 15 is 0 Å². The zero-order valence-electron chi connectivity index (χ0n) is 12.1. The normalized spacial score (nSPS) is 18.4. The Morgan fingerprint density at radius 2 is 2.00 bits per heavy atom. The molecule has 0 bridgehead atoms. The monoisotopic (exact) mass is 311 g/mol. The van der Waals surface area contributed by atoms with E-state index < -0.39 is 17.9 Å². The summed E-state index contributed by atoms with van der Waals surface area (Å²) in [6.07, 6.45) is -2.70. The molecule has 0 atom stereocenters. The molecule has 1 rings (SSSR count). The second-order valence-electron chi connectivity index (χ2n) is 5.02. The molecule has 0 aromatic heterocycles. The molecule has 5 nitrogen and oxygen atoms in total. The molecule has 0 aromatic rings. The Labute approximate surface area is 121 Å². The molecule has 0 unspecified atom stereocenters. The van der Waals surface area contributed by atoms with E-state index in [0.717, 1.165) is 5.57 Å². The van der Waals surface area contributed by atoms with Crippen LogP contribution in [0.1, 0.15) is 20.3 Å². The van der Waals surface area contributed by atoms with Gasteiger partial charge in [0.2, 0.25) is 0 Å². The minimum absolute atomic E-state index is 0.0741. The fourth-order valence-electron chi connectivity index (χ4n) is 1.47. The Bertz CT molecular complexity index is 368. The van der Waals surface area contributed by atoms with Gasteiger partial charge < -0.3 is 19.5 Å². The number of hydrogen-bond donors (Lipinski definition) is 1. The van der Waals surface area contributed by atoms with Crippen LogP contribution in [0.2, 0.25) is 0 Å². The number of rotatable bonds is 6. The molecule has 0 spiro atoms. The average molecular weight is 311 g/mol. The molecule has 1 aliphatic rings. The van der Waals surface area contributed by atoms with Gasteiger partial charge in [-0.15, -0.1) is 0 Å². The summed E-state index contributed by atoms with van der Waals surface area (Å²) in [4.78, 5) is 10.5. The van der Waals surface area contributed by atoms with E-state index in [0.29, 0.717) is 26.2 Å². The summed E-state index contributed by atoms with van der Waals surface area (Å²) >= 11 is 0. The number of amides is 1. The highest BCUT2D eigenvalue weighted by Gasteiger charge is 2.38. The smallest absolute Gasteiger partial charge is 0.377 e. The quantitative estimate of drug-likeness (QED) is 0.600. The van der Waals surface area contributed by atoms with Crippen molar-refractivity contribution >= 4 is 5.91 Å². The fraction of sp³-hybridized carbons (Fsp3) is 0.769. The van der Waals surface area contributed by atoms with Gasteiger partial charge in [-0.05, 0) is 25.8 Å². The number of carbonyl (C=O) groups is 1. The summed E-state index contributed by atoms with van der Waals surface area (Å²) in [6.45, 7) is 5.11. The minimum atomic E-state index is -4.83. The summed E-state index contributed by atoms with van der Waals surface area (Å²) < 4.78 is 51.7. The average Bonchev–Trinajstić information content (AvgIpc) is 2.38. The van der Waals surface area contributed by atoms with Gasteiger partial charge in [-0.25, -0.2) is 0 Å². The van der Waals surface area contributed by atoms with Crippen LogP contribution in [-0.4, -0.2) is 50.8 Å². The van der Waals surface area contributed by atoms with Crippen LogP contribution in [0.3, 0.4) is 0 Å². The van der Waals surface area contributed by atoms with Crippen molar-refractivity contribution in [2.75, 3.05) is 33.0 Å². The number of nitrogens with one attached hydrogen (secondary N) is 1. The molecule has 0 aromatic carbocycles. The molecule has 8 heteroatoms. The first kappa shape index (κ1) is 17.9. The van der Waals surface area contributed by atoms with Crippen LogP contribution in [0, 0.1) is 0 Å². The molecular weight excluding hydrogens is 291 g/mol. The van der Waals surface area contributed by atoms with Crippen LogP contribution in [0.25, 0.3) is 0 Å². The van der Waals surface area contributed by atoms with Crippen LogP contribution in [0.5, 0.6) is 0 Å². The van der Waals surface area contributed by atoms with Crippen LogP contribution in [0.4, 0.5) is 13.2 Å². The fourth-order valence-corrected chi connectivity index (χ4v) is 1.47. The Morgan fingerprint density at radius 1 is 1.38 bits per heavy atom. The third kappa shape index (κ3) is 7.45. The van der Waals surface area contributed by atoms with Crippen molar-refractivity contribution in [2.24, 2.45) is 0 Å². The van der Waals surface area contributed by atoms with Crippen molar-refractivity contribution in [3.05, 3.63) is 11.6 Å². The van der Waals surface area contributed by atoms with Gasteiger partial charge >= 0.3 is 12.1 Å². The van der Waals surface area contributed by atoms with Gasteiger partial charge in [-0.2, -0.15) is 13.2 Å². The van der Waals surface area contributed by atoms with Gasteiger partial charge in [0.1, 0.15) is 0 Å². The predicted octanol–water partition coefficient (Wildman–Crippen LogP) is 1.78. The zero-order valence-corrected chi connectivity index (χ0v) is 12.1. The molecule has 21 heavy (non-hydrogen) atoms. The first-order valence-electron chi connectivity index (χ1n) is 6.59. The van der Waals surface area contributed by atoms with Crippen LogP contribution < -0.4 is 5.32 Å². The third-order valence-corrected chi connectivity index (χ3v) is 2.71. The molecule has 1 heterocycles. The molecule has 1 amide bonds. The molecule has 1 N–H and O–H groups in total. The number of halogens is 3. The largest absolute Gasteiger partial charge is 0.471 e. The molecule has 0 saturated carbocycles. The lowest BCUT2D eigenvalue weighted by Crippen LogP contribution is -2.37. The second kappa shape index (κ2) is 7.77. The molecule has 0 aliphatic carbocycles. The Kier molecular flexibility index (Phi) is 6.63. The summed E-state index contributed by atoms with van der Waals surface area (Å²) in [5.74, 6) is -2.50. The third-order valence-electron chi connectivity index (χ3n) is 2.71. The van der Waals surface area contributed by atoms with Gasteiger partial charge in [0.05, 0.1) is 19.8 Å². The maximum atomic E-state index is 11.9. The first-order valence-corrected chi connectivity index (χ1v) is 6.59. The van der Waals surface area contributed by atoms with E-state index in [9.17, 15) is 18.0 Å². The Morgan fingerprint density at radius 3 is 2.57 bits per heavy atom. The summed E-state index contributed by atoms with van der Waals surface area (Å²) in [7, 11) is 0. The van der Waals surface area contributed by atoms with Crippen molar-refractivity contribution < 1.29 is 32.2 Å². The molecule has 122 valence electrons. The topological polar surface area (TPSA) is 56.8 Å². The molecule has 0 radical (unpaired) electrons. The lowest BCUT2D eigenvalue weighted by Gasteiger charge is -2.31. The lowest BCUT2D eigenvalue weighted by atomic mass is 10.2. The summed E-state index contributed by atoms with van der Waals surface area (Å²) in [6, 6.07) is 0. The van der Waals surface area contributed by atoms with Gasteiger partial charge in [0.25, 0.3) is 0 Å². The van der Waals surface area contributed by atoms with E-state index in [1.807, 2.05) is 19.9 Å². The highest BCUT2D eigenvalue weighted by Crippen LogP contribution is 2.19.